The third kappa shape index (κ3) is 9.47. The van der Waals surface area contributed by atoms with Gasteiger partial charge in [0, 0.05) is 0 Å². The summed E-state index contributed by atoms with van der Waals surface area (Å²) in [5.41, 5.74) is 1.12. The maximum absolute atomic E-state index is 13.4. The topological polar surface area (TPSA) is 102 Å². The summed E-state index contributed by atoms with van der Waals surface area (Å²) in [6.07, 6.45) is -0.141. The fraction of sp³-hybridized carbons (Fsp3) is 0.423. The number of benzene rings is 2. The SMILES string of the molecule is CC(C)C[C@H](NC(=O)OC(C)(C)C)C(=O)SC(c1ccccc1)c1ccc(OCC(=O)O)cc1. The summed E-state index contributed by atoms with van der Waals surface area (Å²) in [7, 11) is 0. The van der Waals surface area contributed by atoms with Gasteiger partial charge in [0.2, 0.25) is 5.12 Å². The third-order valence-electron chi connectivity index (χ3n) is 4.56. The van der Waals surface area contributed by atoms with Gasteiger partial charge >= 0.3 is 12.1 Å². The van der Waals surface area contributed by atoms with Crippen LogP contribution in [0.1, 0.15) is 57.4 Å². The molecule has 2 N–H and O–H groups in total. The van der Waals surface area contributed by atoms with Crippen molar-refractivity contribution in [3.63, 3.8) is 0 Å². The molecule has 0 bridgehead atoms. The van der Waals surface area contributed by atoms with Crippen molar-refractivity contribution in [3.05, 3.63) is 65.7 Å². The lowest BCUT2D eigenvalue weighted by molar-refractivity contribution is -0.139. The maximum atomic E-state index is 13.4. The highest BCUT2D eigenvalue weighted by Gasteiger charge is 2.29. The van der Waals surface area contributed by atoms with E-state index in [1.54, 1.807) is 32.9 Å². The van der Waals surface area contributed by atoms with Crippen molar-refractivity contribution in [3.8, 4) is 5.75 Å². The molecule has 0 aromatic heterocycles. The Labute approximate surface area is 205 Å². The number of rotatable bonds is 10. The van der Waals surface area contributed by atoms with Crippen LogP contribution in [0, 0.1) is 5.92 Å². The lowest BCUT2D eigenvalue weighted by atomic mass is 10.0. The molecular weight excluding hydrogens is 454 g/mol. The second-order valence-corrected chi connectivity index (χ2v) is 10.4. The molecule has 0 spiro atoms. The Morgan fingerprint density at radius 2 is 1.56 bits per heavy atom. The van der Waals surface area contributed by atoms with Crippen molar-refractivity contribution in [2.45, 2.75) is 57.9 Å². The number of thioether (sulfide) groups is 1. The second-order valence-electron chi connectivity index (χ2n) is 9.31. The Kier molecular flexibility index (Phi) is 9.98. The molecule has 1 unspecified atom stereocenters. The van der Waals surface area contributed by atoms with Crippen LogP contribution in [0.15, 0.2) is 54.6 Å². The molecule has 0 radical (unpaired) electrons. The minimum Gasteiger partial charge on any atom is -0.482 e. The van der Waals surface area contributed by atoms with E-state index in [-0.39, 0.29) is 16.3 Å². The molecule has 0 saturated heterocycles. The van der Waals surface area contributed by atoms with E-state index in [1.165, 1.54) is 0 Å². The molecule has 0 aliphatic rings. The van der Waals surface area contributed by atoms with Crippen LogP contribution in [0.4, 0.5) is 4.79 Å². The first-order valence-corrected chi connectivity index (χ1v) is 12.0. The van der Waals surface area contributed by atoms with Crippen LogP contribution >= 0.6 is 11.8 Å². The number of hydrogen-bond acceptors (Lipinski definition) is 6. The number of ether oxygens (including phenoxy) is 2. The summed E-state index contributed by atoms with van der Waals surface area (Å²) in [6, 6.07) is 15.9. The number of carboxylic acids is 1. The zero-order chi connectivity index (χ0) is 25.3. The molecule has 0 saturated carbocycles. The fourth-order valence-electron chi connectivity index (χ4n) is 3.17. The molecule has 0 heterocycles. The van der Waals surface area contributed by atoms with E-state index in [1.807, 2.05) is 56.3 Å². The first-order valence-electron chi connectivity index (χ1n) is 11.1. The molecule has 1 amide bonds. The van der Waals surface area contributed by atoms with Crippen molar-refractivity contribution < 1.29 is 29.0 Å². The Hall–Kier alpha value is -3.00. The molecule has 0 aliphatic heterocycles. The Balaban J connectivity index is 2.25. The molecule has 34 heavy (non-hydrogen) atoms. The third-order valence-corrected chi connectivity index (χ3v) is 5.86. The zero-order valence-corrected chi connectivity index (χ0v) is 21.1. The molecule has 184 valence electrons. The number of aliphatic carboxylic acids is 1. The largest absolute Gasteiger partial charge is 0.482 e. The average molecular weight is 488 g/mol. The summed E-state index contributed by atoms with van der Waals surface area (Å²) in [5, 5.41) is 11.1. The van der Waals surface area contributed by atoms with Gasteiger partial charge in [0.15, 0.2) is 6.61 Å². The molecule has 2 aromatic rings. The fourth-order valence-corrected chi connectivity index (χ4v) is 4.31. The van der Waals surface area contributed by atoms with E-state index >= 15 is 0 Å². The summed E-state index contributed by atoms with van der Waals surface area (Å²) >= 11 is 1.14. The van der Waals surface area contributed by atoms with Crippen molar-refractivity contribution in [1.29, 1.82) is 0 Å². The van der Waals surface area contributed by atoms with Gasteiger partial charge in [-0.25, -0.2) is 9.59 Å². The first-order chi connectivity index (χ1) is 15.9. The van der Waals surface area contributed by atoms with Crippen LogP contribution in [0.2, 0.25) is 0 Å². The van der Waals surface area contributed by atoms with Crippen LogP contribution in [-0.2, 0) is 14.3 Å². The molecule has 0 aliphatic carbocycles. The minimum atomic E-state index is -1.05. The van der Waals surface area contributed by atoms with Crippen LogP contribution in [0.5, 0.6) is 5.75 Å². The average Bonchev–Trinajstić information content (AvgIpc) is 2.75. The summed E-state index contributed by atoms with van der Waals surface area (Å²) < 4.78 is 10.6. The molecule has 7 nitrogen and oxygen atoms in total. The number of nitrogens with one attached hydrogen (secondary N) is 1. The molecule has 0 fully saturated rings. The lowest BCUT2D eigenvalue weighted by Crippen LogP contribution is -2.43. The number of alkyl carbamates (subject to hydrolysis) is 1. The second kappa shape index (κ2) is 12.5. The van der Waals surface area contributed by atoms with Crippen molar-refractivity contribution in [2.75, 3.05) is 6.61 Å². The van der Waals surface area contributed by atoms with E-state index in [4.69, 9.17) is 14.6 Å². The van der Waals surface area contributed by atoms with Gasteiger partial charge in [0.1, 0.15) is 17.4 Å². The molecule has 8 heteroatoms. The minimum absolute atomic E-state index is 0.167. The molecular formula is C26H33NO6S. The van der Waals surface area contributed by atoms with Crippen molar-refractivity contribution in [1.82, 2.24) is 5.32 Å². The van der Waals surface area contributed by atoms with Crippen LogP contribution in [0.25, 0.3) is 0 Å². The van der Waals surface area contributed by atoms with E-state index in [9.17, 15) is 14.4 Å². The number of amides is 1. The van der Waals surface area contributed by atoms with E-state index in [0.717, 1.165) is 22.9 Å². The molecule has 2 atom stereocenters. The van der Waals surface area contributed by atoms with Crippen LogP contribution < -0.4 is 10.1 Å². The van der Waals surface area contributed by atoms with Crippen LogP contribution in [0.3, 0.4) is 0 Å². The lowest BCUT2D eigenvalue weighted by Gasteiger charge is -2.25. The van der Waals surface area contributed by atoms with Crippen molar-refractivity contribution in [2.24, 2.45) is 5.92 Å². The van der Waals surface area contributed by atoms with Gasteiger partial charge in [-0.3, -0.25) is 4.79 Å². The predicted octanol–water partition coefficient (Wildman–Crippen LogP) is 5.44. The van der Waals surface area contributed by atoms with Gasteiger partial charge in [-0.2, -0.15) is 0 Å². The Morgan fingerprint density at radius 1 is 0.971 bits per heavy atom. The van der Waals surface area contributed by atoms with Gasteiger partial charge in [-0.1, -0.05) is 68.1 Å². The smallest absolute Gasteiger partial charge is 0.408 e. The summed E-state index contributed by atoms with van der Waals surface area (Å²) in [4.78, 5) is 36.5. The number of carboxylic acid groups (broad SMARTS) is 1. The van der Waals surface area contributed by atoms with Gasteiger partial charge in [0.05, 0.1) is 5.25 Å². The van der Waals surface area contributed by atoms with Crippen molar-refractivity contribution >= 4 is 28.9 Å². The number of carbonyl (C=O) groups is 3. The molecule has 2 rings (SSSR count). The van der Waals surface area contributed by atoms with Gasteiger partial charge in [0.25, 0.3) is 0 Å². The Bertz CT molecular complexity index is 954. The van der Waals surface area contributed by atoms with Gasteiger partial charge in [-0.15, -0.1) is 0 Å². The van der Waals surface area contributed by atoms with E-state index in [0.29, 0.717) is 12.2 Å². The highest BCUT2D eigenvalue weighted by atomic mass is 32.2. The first kappa shape index (κ1) is 27.2. The zero-order valence-electron chi connectivity index (χ0n) is 20.2. The maximum Gasteiger partial charge on any atom is 0.408 e. The van der Waals surface area contributed by atoms with Gasteiger partial charge in [-0.05, 0) is 56.4 Å². The highest BCUT2D eigenvalue weighted by Crippen LogP contribution is 2.38. The predicted molar refractivity (Wildman–Crippen MR) is 133 cm³/mol. The summed E-state index contributed by atoms with van der Waals surface area (Å²) in [6.45, 7) is 8.88. The number of carbonyl (C=O) groups excluding carboxylic acids is 2. The Morgan fingerprint density at radius 3 is 2.09 bits per heavy atom. The quantitative estimate of drug-likeness (QED) is 0.460. The van der Waals surface area contributed by atoms with E-state index < -0.39 is 30.3 Å². The summed E-state index contributed by atoms with van der Waals surface area (Å²) in [5.74, 6) is -0.440. The van der Waals surface area contributed by atoms with E-state index in [2.05, 4.69) is 5.32 Å². The van der Waals surface area contributed by atoms with Gasteiger partial charge < -0.3 is 19.9 Å². The molecule has 2 aromatic carbocycles. The van der Waals surface area contributed by atoms with Crippen LogP contribution in [-0.4, -0.2) is 40.5 Å². The standard InChI is InChI=1S/C26H33NO6S/c1-17(2)15-21(27-25(31)33-26(3,4)5)24(30)34-23(18-9-7-6-8-10-18)19-11-13-20(14-12-19)32-16-22(28)29/h6-14,17,21,23H,15-16H2,1-5H3,(H,27,31)(H,28,29)/t21-,23?/m0/s1. The normalized spacial score (nSPS) is 13.1. The number of hydrogen-bond donors (Lipinski definition) is 2. The highest BCUT2D eigenvalue weighted by molar-refractivity contribution is 8.14. The monoisotopic (exact) mass is 487 g/mol.